The molecule has 1 heterocycles. The van der Waals surface area contributed by atoms with Crippen molar-refractivity contribution in [1.82, 2.24) is 10.3 Å². The summed E-state index contributed by atoms with van der Waals surface area (Å²) in [5, 5.41) is 24.4. The van der Waals surface area contributed by atoms with Gasteiger partial charge < -0.3 is 20.5 Å². The number of hydrogen-bond donors (Lipinski definition) is 4. The van der Waals surface area contributed by atoms with E-state index in [1.54, 1.807) is 6.07 Å². The van der Waals surface area contributed by atoms with E-state index in [-0.39, 0.29) is 17.9 Å². The molecule has 1 unspecified atom stereocenters. The van der Waals surface area contributed by atoms with Crippen molar-refractivity contribution in [3.63, 3.8) is 0 Å². The topological polar surface area (TPSA) is 85.3 Å². The largest absolute Gasteiger partial charge is 0.508 e. The van der Waals surface area contributed by atoms with Crippen LogP contribution in [0.3, 0.4) is 0 Å². The van der Waals surface area contributed by atoms with Crippen molar-refractivity contribution in [2.24, 2.45) is 0 Å². The normalized spacial score (nSPS) is 13.0. The number of β-amino-alcohol motifs (C(OH)–C–C–N with tert-alkyl or cyclic N) is 1. The lowest BCUT2D eigenvalue weighted by Gasteiger charge is -2.28. The minimum absolute atomic E-state index is 0.0714. The molecule has 5 nitrogen and oxygen atoms in total. The number of benzene rings is 2. The van der Waals surface area contributed by atoms with Crippen molar-refractivity contribution in [3.8, 4) is 5.75 Å². The number of H-pyrrole nitrogens is 1. The Labute approximate surface area is 160 Å². The molecule has 2 aromatic carbocycles. The third-order valence-electron chi connectivity index (χ3n) is 4.56. The lowest BCUT2D eigenvalue weighted by Crippen LogP contribution is -2.43. The zero-order chi connectivity index (χ0) is 20.5. The third kappa shape index (κ3) is 4.74. The van der Waals surface area contributed by atoms with E-state index < -0.39 is 23.3 Å². The molecular weight excluding hydrogens is 366 g/mol. The van der Waals surface area contributed by atoms with E-state index in [0.717, 1.165) is 6.07 Å². The Bertz CT molecular complexity index is 1040. The molecule has 3 aromatic rings. The fourth-order valence-corrected chi connectivity index (χ4v) is 3.33. The van der Waals surface area contributed by atoms with Gasteiger partial charge in [-0.1, -0.05) is 0 Å². The van der Waals surface area contributed by atoms with E-state index in [0.29, 0.717) is 28.5 Å². The van der Waals surface area contributed by atoms with Gasteiger partial charge in [0, 0.05) is 35.7 Å². The first-order valence-electron chi connectivity index (χ1n) is 8.87. The van der Waals surface area contributed by atoms with Crippen molar-refractivity contribution in [1.29, 1.82) is 0 Å². The number of hydrogen-bond acceptors (Lipinski definition) is 4. The molecule has 0 saturated carbocycles. The summed E-state index contributed by atoms with van der Waals surface area (Å²) in [7, 11) is 0. The number of fused-ring (bicyclic) bond motifs is 1. The van der Waals surface area contributed by atoms with E-state index in [9.17, 15) is 23.8 Å². The highest BCUT2D eigenvalue weighted by molar-refractivity contribution is 5.84. The average Bonchev–Trinajstić information content (AvgIpc) is 2.57. The Hall–Kier alpha value is -2.77. The number of aliphatic hydroxyl groups excluding tert-OH is 1. The summed E-state index contributed by atoms with van der Waals surface area (Å²) in [4.78, 5) is 14.1. The first-order valence-corrected chi connectivity index (χ1v) is 8.87. The van der Waals surface area contributed by atoms with E-state index in [2.05, 4.69) is 10.3 Å². The van der Waals surface area contributed by atoms with Gasteiger partial charge in [-0.25, -0.2) is 8.78 Å². The van der Waals surface area contributed by atoms with Crippen LogP contribution in [0.25, 0.3) is 10.9 Å². The maximum Gasteiger partial charge on any atom is 0.248 e. The second kappa shape index (κ2) is 7.69. The number of rotatable bonds is 6. The molecule has 0 aliphatic heterocycles. The third-order valence-corrected chi connectivity index (χ3v) is 4.56. The lowest BCUT2D eigenvalue weighted by molar-refractivity contribution is 0.162. The molecule has 4 N–H and O–H groups in total. The Morgan fingerprint density at radius 1 is 1.11 bits per heavy atom. The van der Waals surface area contributed by atoms with Crippen LogP contribution in [0.15, 0.2) is 47.3 Å². The number of aromatic nitrogens is 1. The van der Waals surface area contributed by atoms with E-state index >= 15 is 0 Å². The minimum Gasteiger partial charge on any atom is -0.508 e. The minimum atomic E-state index is -0.968. The summed E-state index contributed by atoms with van der Waals surface area (Å²) in [5.74, 6) is -1.34. The van der Waals surface area contributed by atoms with Gasteiger partial charge in [-0.2, -0.15) is 0 Å². The number of nitrogens with one attached hydrogen (secondary N) is 2. The molecule has 0 spiro atoms. The van der Waals surface area contributed by atoms with Gasteiger partial charge >= 0.3 is 0 Å². The van der Waals surface area contributed by atoms with Crippen molar-refractivity contribution in [2.45, 2.75) is 31.9 Å². The number of phenols is 1. The average molecular weight is 388 g/mol. The van der Waals surface area contributed by atoms with Gasteiger partial charge in [0.25, 0.3) is 0 Å². The molecule has 1 aromatic heterocycles. The summed E-state index contributed by atoms with van der Waals surface area (Å²) in [5.41, 5.74) is 0.537. The van der Waals surface area contributed by atoms with Crippen molar-refractivity contribution >= 4 is 10.9 Å². The number of halogens is 2. The van der Waals surface area contributed by atoms with Crippen molar-refractivity contribution < 1.29 is 19.0 Å². The Morgan fingerprint density at radius 2 is 1.79 bits per heavy atom. The molecule has 0 fully saturated rings. The van der Waals surface area contributed by atoms with Gasteiger partial charge in [0.15, 0.2) is 0 Å². The standard InChI is InChI=1S/C21H22F2N2O3/c1-21(2,10-12-5-13(22)7-14(23)6-12)24-11-19(27)17-8-15(26)9-18-16(17)3-4-20(28)25-18/h3-9,19,24,26-27H,10-11H2,1-2H3,(H,25,28). The highest BCUT2D eigenvalue weighted by Crippen LogP contribution is 2.27. The van der Waals surface area contributed by atoms with Crippen LogP contribution in [0, 0.1) is 11.6 Å². The van der Waals surface area contributed by atoms with Crippen LogP contribution >= 0.6 is 0 Å². The second-order valence-electron chi connectivity index (χ2n) is 7.55. The van der Waals surface area contributed by atoms with Gasteiger partial charge in [-0.05, 0) is 55.7 Å². The summed E-state index contributed by atoms with van der Waals surface area (Å²) in [6.45, 7) is 3.86. The molecule has 7 heteroatoms. The number of pyridine rings is 1. The molecule has 148 valence electrons. The molecule has 3 rings (SSSR count). The van der Waals surface area contributed by atoms with Gasteiger partial charge in [-0.3, -0.25) is 4.79 Å². The van der Waals surface area contributed by atoms with Crippen LogP contribution in [-0.2, 0) is 6.42 Å². The molecule has 1 atom stereocenters. The predicted octanol–water partition coefficient (Wildman–Crippen LogP) is 3.16. The quantitative estimate of drug-likeness (QED) is 0.523. The maximum absolute atomic E-state index is 13.4. The number of aliphatic hydroxyl groups is 1. The fourth-order valence-electron chi connectivity index (χ4n) is 3.33. The van der Waals surface area contributed by atoms with Crippen LogP contribution in [-0.4, -0.2) is 27.3 Å². The zero-order valence-corrected chi connectivity index (χ0v) is 15.6. The summed E-state index contributed by atoms with van der Waals surface area (Å²) < 4.78 is 26.8. The van der Waals surface area contributed by atoms with Crippen LogP contribution in [0.1, 0.15) is 31.1 Å². The molecule has 0 amide bonds. The number of aromatic hydroxyl groups is 1. The molecule has 0 radical (unpaired) electrons. The van der Waals surface area contributed by atoms with Gasteiger partial charge in [0.1, 0.15) is 17.4 Å². The molecule has 28 heavy (non-hydrogen) atoms. The summed E-state index contributed by atoms with van der Waals surface area (Å²) in [6, 6.07) is 9.19. The van der Waals surface area contributed by atoms with Crippen LogP contribution < -0.4 is 10.9 Å². The number of phenolic OH excluding ortho intramolecular Hbond substituents is 1. The Balaban J connectivity index is 1.76. The van der Waals surface area contributed by atoms with Crippen LogP contribution in [0.5, 0.6) is 5.75 Å². The first kappa shape index (κ1) is 20.0. The predicted molar refractivity (Wildman–Crippen MR) is 103 cm³/mol. The van der Waals surface area contributed by atoms with E-state index in [4.69, 9.17) is 0 Å². The fraction of sp³-hybridized carbons (Fsp3) is 0.286. The molecule has 0 saturated heterocycles. The lowest BCUT2D eigenvalue weighted by atomic mass is 9.94. The van der Waals surface area contributed by atoms with Crippen LogP contribution in [0.4, 0.5) is 8.78 Å². The van der Waals surface area contributed by atoms with E-state index in [1.165, 1.54) is 30.3 Å². The van der Waals surface area contributed by atoms with Crippen molar-refractivity contribution in [2.75, 3.05) is 6.54 Å². The second-order valence-corrected chi connectivity index (χ2v) is 7.55. The van der Waals surface area contributed by atoms with Gasteiger partial charge in [-0.15, -0.1) is 0 Å². The monoisotopic (exact) mass is 388 g/mol. The van der Waals surface area contributed by atoms with Crippen LogP contribution in [0.2, 0.25) is 0 Å². The zero-order valence-electron chi connectivity index (χ0n) is 15.6. The smallest absolute Gasteiger partial charge is 0.248 e. The Morgan fingerprint density at radius 3 is 2.46 bits per heavy atom. The highest BCUT2D eigenvalue weighted by atomic mass is 19.1. The summed E-state index contributed by atoms with van der Waals surface area (Å²) in [6.07, 6.45) is -0.619. The highest BCUT2D eigenvalue weighted by Gasteiger charge is 2.22. The van der Waals surface area contributed by atoms with Gasteiger partial charge in [0.2, 0.25) is 5.56 Å². The molecule has 0 aliphatic carbocycles. The first-order chi connectivity index (χ1) is 13.1. The van der Waals surface area contributed by atoms with Crippen molar-refractivity contribution in [3.05, 3.63) is 75.6 Å². The molecule has 0 aliphatic rings. The maximum atomic E-state index is 13.4. The molecular formula is C21H22F2N2O3. The SMILES string of the molecule is CC(C)(Cc1cc(F)cc(F)c1)NCC(O)c1cc(O)cc2[nH]c(=O)ccc12. The molecule has 0 bridgehead atoms. The number of aromatic amines is 1. The van der Waals surface area contributed by atoms with E-state index in [1.807, 2.05) is 13.8 Å². The summed E-state index contributed by atoms with van der Waals surface area (Å²) >= 11 is 0. The Kier molecular flexibility index (Phi) is 5.49. The van der Waals surface area contributed by atoms with Gasteiger partial charge in [0.05, 0.1) is 11.6 Å².